The number of ether oxygens (including phenoxy) is 2. The van der Waals surface area contributed by atoms with Crippen LogP contribution < -0.4 is 29.9 Å². The summed E-state index contributed by atoms with van der Waals surface area (Å²) in [5.41, 5.74) is 5.29. The second-order valence-corrected chi connectivity index (χ2v) is 25.6. The fraction of sp³-hybridized carbons (Fsp3) is 0.463. The van der Waals surface area contributed by atoms with E-state index in [0.717, 1.165) is 155 Å². The number of hydrogen-bond donors (Lipinski definition) is 2. The Bertz CT molecular complexity index is 3890. The minimum atomic E-state index is -0.810. The van der Waals surface area contributed by atoms with Crippen molar-refractivity contribution >= 4 is 50.0 Å². The summed E-state index contributed by atoms with van der Waals surface area (Å²) in [6, 6.07) is 16.0. The average Bonchev–Trinajstić information content (AvgIpc) is 3.77. The van der Waals surface area contributed by atoms with Gasteiger partial charge in [-0.15, -0.1) is 12.8 Å². The van der Waals surface area contributed by atoms with Crippen LogP contribution >= 0.6 is 0 Å². The number of benzene rings is 2. The van der Waals surface area contributed by atoms with Gasteiger partial charge < -0.3 is 29.9 Å². The number of allylic oxidation sites excluding steroid dienone is 8. The van der Waals surface area contributed by atoms with Crippen LogP contribution in [0.1, 0.15) is 107 Å². The van der Waals surface area contributed by atoms with Gasteiger partial charge in [0.1, 0.15) is 36.2 Å². The second-order valence-electron chi connectivity index (χ2n) is 25.6. The van der Waals surface area contributed by atoms with E-state index in [-0.39, 0.29) is 34.6 Å². The highest BCUT2D eigenvalue weighted by Gasteiger charge is 2.52. The number of hydrogen-bond acceptors (Lipinski definition) is 14. The third kappa shape index (κ3) is 8.24. The van der Waals surface area contributed by atoms with Crippen molar-refractivity contribution in [3.63, 3.8) is 0 Å². The number of piperazine rings is 2. The van der Waals surface area contributed by atoms with E-state index in [9.17, 15) is 0 Å². The van der Waals surface area contributed by atoms with Crippen molar-refractivity contribution in [1.29, 1.82) is 0 Å². The minimum Gasteiger partial charge on any atom is -0.461 e. The van der Waals surface area contributed by atoms with Crippen LogP contribution in [0.15, 0.2) is 90.4 Å². The lowest BCUT2D eigenvalue weighted by molar-refractivity contribution is 0.0848. The number of fused-ring (bicyclic) bond motifs is 10. The number of anilines is 2. The van der Waals surface area contributed by atoms with Gasteiger partial charge in [-0.05, 0) is 156 Å². The molecule has 0 amide bonds. The number of pyridine rings is 2. The van der Waals surface area contributed by atoms with Gasteiger partial charge in [0, 0.05) is 90.4 Å². The van der Waals surface area contributed by atoms with Crippen LogP contribution in [0.2, 0.25) is 0 Å². The van der Waals surface area contributed by atoms with Crippen molar-refractivity contribution in [2.24, 2.45) is 11.3 Å². The van der Waals surface area contributed by atoms with E-state index in [1.165, 1.54) is 18.9 Å². The largest absolute Gasteiger partial charge is 0.461 e. The summed E-state index contributed by atoms with van der Waals surface area (Å²) >= 11 is 0. The molecule has 16 heteroatoms. The van der Waals surface area contributed by atoms with Crippen molar-refractivity contribution in [2.75, 3.05) is 68.8 Å². The Kier molecular flexibility index (Phi) is 12.1. The first-order chi connectivity index (χ1) is 40.6. The zero-order valence-corrected chi connectivity index (χ0v) is 47.0. The monoisotopic (exact) mass is 1110 g/mol. The smallest absolute Gasteiger partial charge is 0.320 e. The molecule has 14 nitrogen and oxygen atoms in total. The topological polar surface area (TPSA) is 133 Å². The van der Waals surface area contributed by atoms with E-state index in [1.807, 2.05) is 55.6 Å². The molecule has 4 bridgehead atoms. The molecule has 6 aromatic rings. The minimum absolute atomic E-state index is 0.0298. The zero-order chi connectivity index (χ0) is 55.8. The summed E-state index contributed by atoms with van der Waals surface area (Å²) in [7, 11) is 0. The van der Waals surface area contributed by atoms with E-state index >= 15 is 8.78 Å². The molecular weight excluding hydrogens is 1040 g/mol. The molecule has 2 N–H and O–H groups in total. The Labute approximate surface area is 482 Å². The number of terminal acetylenes is 2. The molecule has 422 valence electrons. The summed E-state index contributed by atoms with van der Waals surface area (Å²) < 4.78 is 46.1. The summed E-state index contributed by atoms with van der Waals surface area (Å²) in [6.45, 7) is 9.27. The molecule has 2 aromatic carbocycles. The normalized spacial score (nSPS) is 29.6. The molecule has 4 aromatic heterocycles. The van der Waals surface area contributed by atoms with Crippen molar-refractivity contribution in [3.05, 3.63) is 113 Å². The summed E-state index contributed by atoms with van der Waals surface area (Å²) in [6.07, 6.45) is 36.3. The van der Waals surface area contributed by atoms with Crippen LogP contribution in [-0.2, 0) is 0 Å². The standard InChI is InChI=1S/C67H68F2N12O2/c1-4-46-54(69)32-50(47-12-7-13-48(58(46)47)55-22-20-49-60(73-55)75-64(82-38-66-24-8-28-80(66)29-9-25-66)76-61(49)78-34-42-16-17-43(35-78)71-42)57-23-27-67(26-10-30-81(57)67)39-83-63-74-56-31-40(52-14-6-11-41-15-21-53(68)51(5-2)65(41,52)3)33-70-59(56)62(77-63)79-36-44-18-19-45(37-79)72-44/h1-2,6-7,11-15,20-22,31-33,41-45,57,71-72H,8-10,16-19,23-30,34-39H2,3H3. The summed E-state index contributed by atoms with van der Waals surface area (Å²) in [5.74, 6) is 6.11. The third-order valence-corrected chi connectivity index (χ3v) is 21.1. The lowest BCUT2D eigenvalue weighted by Gasteiger charge is -2.41. The molecule has 0 saturated carbocycles. The van der Waals surface area contributed by atoms with Gasteiger partial charge in [0.2, 0.25) is 0 Å². The molecule has 0 radical (unpaired) electrons. The predicted octanol–water partition coefficient (Wildman–Crippen LogP) is 9.94. The molecule has 0 spiro atoms. The lowest BCUT2D eigenvalue weighted by Crippen LogP contribution is -2.51. The molecule has 8 fully saturated rings. The van der Waals surface area contributed by atoms with Gasteiger partial charge in [0.25, 0.3) is 0 Å². The van der Waals surface area contributed by atoms with Crippen molar-refractivity contribution in [1.82, 2.24) is 50.3 Å². The maximum absolute atomic E-state index is 17.0. The number of halogens is 2. The number of nitrogens with one attached hydrogen (secondary N) is 2. The van der Waals surface area contributed by atoms with Crippen LogP contribution in [0, 0.1) is 41.8 Å². The van der Waals surface area contributed by atoms with Crippen molar-refractivity contribution in [3.8, 4) is 48.0 Å². The van der Waals surface area contributed by atoms with Crippen LogP contribution in [0.3, 0.4) is 0 Å². The van der Waals surface area contributed by atoms with E-state index in [0.29, 0.717) is 76.7 Å². The van der Waals surface area contributed by atoms with Crippen molar-refractivity contribution < 1.29 is 18.3 Å². The Hall–Kier alpha value is -7.34. The number of aromatic nitrogens is 6. The van der Waals surface area contributed by atoms with Crippen LogP contribution in [-0.4, -0.2) is 134 Å². The first-order valence-corrected chi connectivity index (χ1v) is 30.4. The Morgan fingerprint density at radius 3 is 2.17 bits per heavy atom. The molecule has 8 aliphatic heterocycles. The predicted molar refractivity (Wildman–Crippen MR) is 319 cm³/mol. The molecular formula is C67H68F2N12O2. The molecule has 16 rings (SSSR count). The molecule has 10 aliphatic rings. The van der Waals surface area contributed by atoms with E-state index in [4.69, 9.17) is 52.2 Å². The maximum atomic E-state index is 17.0. The molecule has 8 atom stereocenters. The average molecular weight is 1110 g/mol. The van der Waals surface area contributed by atoms with Gasteiger partial charge in [-0.1, -0.05) is 54.3 Å². The SMILES string of the molecule is C#CC1=C(F)C=CC2C=CC=C(c3cnc4c(N5CC6CCC(C5)N6)nc(OCC56CCCN5C(c5cc(F)c(C#C)c7c(-c8ccc9c(N%10CC%11CCC(C%10)N%11)nc(OCC%10%11CCCN%10CCC%11)nc9n8)cccc57)CC6)nc4c3)C12C. The molecule has 8 saturated heterocycles. The molecule has 12 heterocycles. The van der Waals surface area contributed by atoms with Crippen LogP contribution in [0.4, 0.5) is 20.4 Å². The lowest BCUT2D eigenvalue weighted by atomic mass is 9.61. The van der Waals surface area contributed by atoms with Crippen molar-refractivity contribution in [2.45, 2.75) is 125 Å². The molecule has 83 heavy (non-hydrogen) atoms. The number of rotatable bonds is 11. The highest BCUT2D eigenvalue weighted by atomic mass is 19.1. The van der Waals surface area contributed by atoms with Gasteiger partial charge in [-0.25, -0.2) is 13.8 Å². The zero-order valence-electron chi connectivity index (χ0n) is 47.0. The van der Waals surface area contributed by atoms with Gasteiger partial charge in [-0.2, -0.15) is 19.9 Å². The molecule has 2 aliphatic carbocycles. The first-order valence-electron chi connectivity index (χ1n) is 30.4. The third-order valence-electron chi connectivity index (χ3n) is 21.1. The van der Waals surface area contributed by atoms with E-state index in [2.05, 4.69) is 60.3 Å². The molecule has 8 unspecified atom stereocenters. The fourth-order valence-corrected chi connectivity index (χ4v) is 17.1. The Morgan fingerprint density at radius 2 is 1.42 bits per heavy atom. The fourth-order valence-electron chi connectivity index (χ4n) is 17.1. The Morgan fingerprint density at radius 1 is 0.723 bits per heavy atom. The first kappa shape index (κ1) is 51.3. The quantitative estimate of drug-likeness (QED) is 0.119. The number of nitrogens with zero attached hydrogens (tertiary/aromatic N) is 10. The summed E-state index contributed by atoms with van der Waals surface area (Å²) in [4.78, 5) is 40.9. The highest BCUT2D eigenvalue weighted by molar-refractivity contribution is 6.03. The van der Waals surface area contributed by atoms with Gasteiger partial charge in [0.05, 0.1) is 33.2 Å². The van der Waals surface area contributed by atoms with Crippen LogP contribution in [0.5, 0.6) is 12.0 Å². The van der Waals surface area contributed by atoms with Crippen LogP contribution in [0.25, 0.3) is 49.7 Å². The second kappa shape index (κ2) is 19.6. The van der Waals surface area contributed by atoms with E-state index in [1.54, 1.807) is 6.07 Å². The van der Waals surface area contributed by atoms with Gasteiger partial charge in [0.15, 0.2) is 11.5 Å². The Balaban J connectivity index is 0.730. The highest BCUT2D eigenvalue weighted by Crippen LogP contribution is 2.55. The van der Waals surface area contributed by atoms with Gasteiger partial charge >= 0.3 is 12.0 Å². The maximum Gasteiger partial charge on any atom is 0.320 e. The van der Waals surface area contributed by atoms with Gasteiger partial charge in [-0.3, -0.25) is 14.8 Å². The summed E-state index contributed by atoms with van der Waals surface area (Å²) in [5, 5.41) is 9.98. The van der Waals surface area contributed by atoms with E-state index < -0.39 is 17.1 Å².